The zero-order valence-corrected chi connectivity index (χ0v) is 17.2. The van der Waals surface area contributed by atoms with E-state index in [1.54, 1.807) is 30.6 Å². The molecule has 1 aromatic carbocycles. The summed E-state index contributed by atoms with van der Waals surface area (Å²) >= 11 is 0. The minimum absolute atomic E-state index is 0.0538. The SMILES string of the molecule is Cc1ccc(-c2ncccn2)c(C(=O)N2C3CC(C3)C[C@H]2COc2ccc(F)cc2)n1. The number of hydrogen-bond acceptors (Lipinski definition) is 5. The molecule has 6 rings (SSSR count). The van der Waals surface area contributed by atoms with Gasteiger partial charge in [-0.25, -0.2) is 19.3 Å². The van der Waals surface area contributed by atoms with Gasteiger partial charge in [0.2, 0.25) is 0 Å². The van der Waals surface area contributed by atoms with E-state index in [0.717, 1.165) is 25.0 Å². The summed E-state index contributed by atoms with van der Waals surface area (Å²) in [5, 5.41) is 0. The molecule has 7 heteroatoms. The maximum absolute atomic E-state index is 13.8. The van der Waals surface area contributed by atoms with Crippen molar-refractivity contribution in [2.45, 2.75) is 38.3 Å². The third-order valence-electron chi connectivity index (χ3n) is 6.14. The highest BCUT2D eigenvalue weighted by atomic mass is 19.1. The molecule has 2 bridgehead atoms. The zero-order chi connectivity index (χ0) is 21.4. The van der Waals surface area contributed by atoms with E-state index in [1.165, 1.54) is 12.1 Å². The van der Waals surface area contributed by atoms with Gasteiger partial charge in [0.05, 0.1) is 11.6 Å². The van der Waals surface area contributed by atoms with Crippen LogP contribution in [0.5, 0.6) is 5.75 Å². The number of pyridine rings is 1. The Balaban J connectivity index is 1.43. The molecular formula is C24H23FN4O2. The van der Waals surface area contributed by atoms with Crippen molar-refractivity contribution >= 4 is 5.91 Å². The van der Waals surface area contributed by atoms with Crippen LogP contribution in [0, 0.1) is 18.7 Å². The van der Waals surface area contributed by atoms with Crippen LogP contribution < -0.4 is 4.74 Å². The van der Waals surface area contributed by atoms with E-state index >= 15 is 0 Å². The second-order valence-electron chi connectivity index (χ2n) is 8.28. The molecular weight excluding hydrogens is 395 g/mol. The molecule has 31 heavy (non-hydrogen) atoms. The molecule has 3 fully saturated rings. The van der Waals surface area contributed by atoms with Gasteiger partial charge < -0.3 is 9.64 Å². The maximum Gasteiger partial charge on any atom is 0.273 e. The summed E-state index contributed by atoms with van der Waals surface area (Å²) in [6.45, 7) is 2.24. The van der Waals surface area contributed by atoms with E-state index in [9.17, 15) is 9.18 Å². The van der Waals surface area contributed by atoms with Gasteiger partial charge in [0.15, 0.2) is 5.82 Å². The molecule has 3 aliphatic rings. The predicted octanol–water partition coefficient (Wildman–Crippen LogP) is 4.06. The minimum atomic E-state index is -0.302. The lowest BCUT2D eigenvalue weighted by molar-refractivity contribution is -0.0309. The van der Waals surface area contributed by atoms with E-state index in [-0.39, 0.29) is 23.8 Å². The van der Waals surface area contributed by atoms with Crippen LogP contribution in [0.15, 0.2) is 54.9 Å². The van der Waals surface area contributed by atoms with Crippen molar-refractivity contribution in [1.29, 1.82) is 0 Å². The van der Waals surface area contributed by atoms with Gasteiger partial charge in [0.1, 0.15) is 23.9 Å². The Kier molecular flexibility index (Phi) is 5.10. The van der Waals surface area contributed by atoms with Crippen LogP contribution in [0.3, 0.4) is 0 Å². The van der Waals surface area contributed by atoms with Crippen LogP contribution in [0.25, 0.3) is 11.4 Å². The van der Waals surface area contributed by atoms with Crippen LogP contribution in [-0.4, -0.2) is 44.4 Å². The number of aryl methyl sites for hydroxylation is 1. The number of ether oxygens (including phenoxy) is 1. The van der Waals surface area contributed by atoms with Crippen LogP contribution in [0.2, 0.25) is 0 Å². The minimum Gasteiger partial charge on any atom is -0.491 e. The number of fused-ring (bicyclic) bond motifs is 2. The lowest BCUT2D eigenvalue weighted by Crippen LogP contribution is -2.60. The second kappa shape index (κ2) is 8.06. The number of rotatable bonds is 5. The smallest absolute Gasteiger partial charge is 0.273 e. The summed E-state index contributed by atoms with van der Waals surface area (Å²) in [5.74, 6) is 1.30. The van der Waals surface area contributed by atoms with Gasteiger partial charge in [-0.15, -0.1) is 0 Å². The van der Waals surface area contributed by atoms with Crippen LogP contribution in [-0.2, 0) is 0 Å². The van der Waals surface area contributed by atoms with E-state index in [1.807, 2.05) is 24.0 Å². The first-order chi connectivity index (χ1) is 15.1. The molecule has 3 aromatic rings. The average Bonchev–Trinajstić information content (AvgIpc) is 2.78. The molecule has 2 saturated heterocycles. The third kappa shape index (κ3) is 3.87. The third-order valence-corrected chi connectivity index (χ3v) is 6.14. The number of halogens is 1. The predicted molar refractivity (Wildman–Crippen MR) is 113 cm³/mol. The fraction of sp³-hybridized carbons (Fsp3) is 0.333. The van der Waals surface area contributed by atoms with Gasteiger partial charge in [0.25, 0.3) is 5.91 Å². The van der Waals surface area contributed by atoms with Crippen molar-refractivity contribution in [2.24, 2.45) is 5.92 Å². The highest BCUT2D eigenvalue weighted by Gasteiger charge is 2.47. The van der Waals surface area contributed by atoms with Crippen molar-refractivity contribution in [3.8, 4) is 17.1 Å². The molecule has 1 saturated carbocycles. The molecule has 2 aromatic heterocycles. The molecule has 6 nitrogen and oxygen atoms in total. The summed E-state index contributed by atoms with van der Waals surface area (Å²) < 4.78 is 19.1. The Labute approximate surface area is 180 Å². The number of hydrogen-bond donors (Lipinski definition) is 0. The summed E-state index contributed by atoms with van der Waals surface area (Å²) in [4.78, 5) is 28.9. The second-order valence-corrected chi connectivity index (χ2v) is 8.28. The van der Waals surface area contributed by atoms with Gasteiger partial charge >= 0.3 is 0 Å². The molecule has 0 spiro atoms. The van der Waals surface area contributed by atoms with Crippen LogP contribution in [0.4, 0.5) is 4.39 Å². The first-order valence-corrected chi connectivity index (χ1v) is 10.5. The van der Waals surface area contributed by atoms with E-state index in [4.69, 9.17) is 4.74 Å². The molecule has 0 N–H and O–H groups in total. The van der Waals surface area contributed by atoms with Gasteiger partial charge in [-0.2, -0.15) is 0 Å². The quantitative estimate of drug-likeness (QED) is 0.625. The fourth-order valence-corrected chi connectivity index (χ4v) is 4.58. The molecule has 2 aliphatic heterocycles. The van der Waals surface area contributed by atoms with E-state index in [0.29, 0.717) is 35.4 Å². The highest BCUT2D eigenvalue weighted by Crippen LogP contribution is 2.43. The van der Waals surface area contributed by atoms with E-state index < -0.39 is 0 Å². The molecule has 4 heterocycles. The molecule has 1 aliphatic carbocycles. The number of benzene rings is 1. The summed E-state index contributed by atoms with van der Waals surface area (Å²) in [6.07, 6.45) is 6.25. The lowest BCUT2D eigenvalue weighted by Gasteiger charge is -2.53. The molecule has 1 amide bonds. The van der Waals surface area contributed by atoms with Gasteiger partial charge in [0, 0.05) is 24.1 Å². The Bertz CT molecular complexity index is 1080. The largest absolute Gasteiger partial charge is 0.491 e. The van der Waals surface area contributed by atoms with Gasteiger partial charge in [-0.05, 0) is 74.6 Å². The molecule has 158 valence electrons. The van der Waals surface area contributed by atoms with Crippen LogP contribution >= 0.6 is 0 Å². The van der Waals surface area contributed by atoms with Crippen LogP contribution in [0.1, 0.15) is 35.4 Å². The molecule has 0 unspecified atom stereocenters. The maximum atomic E-state index is 13.8. The molecule has 1 atom stereocenters. The topological polar surface area (TPSA) is 68.2 Å². The van der Waals surface area contributed by atoms with Crippen molar-refractivity contribution in [3.05, 3.63) is 72.1 Å². The Hall–Kier alpha value is -3.35. The average molecular weight is 418 g/mol. The summed E-state index contributed by atoms with van der Waals surface area (Å²) in [7, 11) is 0. The van der Waals surface area contributed by atoms with Crippen molar-refractivity contribution in [1.82, 2.24) is 19.9 Å². The number of carbonyl (C=O) groups is 1. The lowest BCUT2D eigenvalue weighted by atomic mass is 9.70. The zero-order valence-electron chi connectivity index (χ0n) is 17.2. The first-order valence-electron chi connectivity index (χ1n) is 10.5. The summed E-state index contributed by atoms with van der Waals surface area (Å²) in [5.41, 5.74) is 1.78. The van der Waals surface area contributed by atoms with Crippen molar-refractivity contribution < 1.29 is 13.9 Å². The number of carbonyl (C=O) groups excluding carboxylic acids is 1. The monoisotopic (exact) mass is 418 g/mol. The van der Waals surface area contributed by atoms with Crippen molar-refractivity contribution in [2.75, 3.05) is 6.61 Å². The standard InChI is InChI=1S/C24H23FN4O2/c1-15-3-8-21(23-26-9-2-10-27-23)22(28-15)24(30)29-18-11-16(12-18)13-19(29)14-31-20-6-4-17(25)5-7-20/h2-10,16,18-19H,11-14H2,1H3/t16?,18?,19-/m0/s1. The van der Waals surface area contributed by atoms with E-state index in [2.05, 4.69) is 15.0 Å². The number of aromatic nitrogens is 3. The van der Waals surface area contributed by atoms with Crippen molar-refractivity contribution in [3.63, 3.8) is 0 Å². The summed E-state index contributed by atoms with van der Waals surface area (Å²) in [6, 6.07) is 11.6. The number of nitrogens with zero attached hydrogens (tertiary/aromatic N) is 4. The Morgan fingerprint density at radius 1 is 1.10 bits per heavy atom. The highest BCUT2D eigenvalue weighted by molar-refractivity contribution is 5.98. The normalized spacial score (nSPS) is 22.0. The molecule has 0 radical (unpaired) electrons. The Morgan fingerprint density at radius 3 is 2.58 bits per heavy atom. The van der Waals surface area contributed by atoms with Gasteiger partial charge in [-0.3, -0.25) is 4.79 Å². The number of amides is 1. The van der Waals surface area contributed by atoms with Gasteiger partial charge in [-0.1, -0.05) is 0 Å². The number of piperidine rings is 2. The fourth-order valence-electron chi connectivity index (χ4n) is 4.58. The first kappa shape index (κ1) is 19.6. The Morgan fingerprint density at radius 2 is 1.84 bits per heavy atom.